The second-order valence-corrected chi connectivity index (χ2v) is 3.76. The van der Waals surface area contributed by atoms with Crippen LogP contribution in [0.5, 0.6) is 5.75 Å². The highest BCUT2D eigenvalue weighted by atomic mass is 16.5. The lowest BCUT2D eigenvalue weighted by molar-refractivity contribution is 0.405. The molecule has 0 atom stereocenters. The highest BCUT2D eigenvalue weighted by Crippen LogP contribution is 2.50. The number of methoxy groups -OCH3 is 1. The van der Waals surface area contributed by atoms with Gasteiger partial charge >= 0.3 is 0 Å². The van der Waals surface area contributed by atoms with Crippen LogP contribution in [0, 0.1) is 0 Å². The van der Waals surface area contributed by atoms with E-state index in [9.17, 15) is 0 Å². The van der Waals surface area contributed by atoms with Crippen LogP contribution in [0.15, 0.2) is 24.3 Å². The molecule has 64 valence electrons. The zero-order chi connectivity index (χ0) is 8.60. The van der Waals surface area contributed by atoms with E-state index in [2.05, 4.69) is 19.1 Å². The maximum Gasteiger partial charge on any atom is 0.122 e. The number of ether oxygens (including phenoxy) is 1. The highest BCUT2D eigenvalue weighted by molar-refractivity contribution is 5.42. The Labute approximate surface area is 73.4 Å². The molecule has 0 spiro atoms. The Bertz CT molecular complexity index is 287. The molecule has 0 amide bonds. The van der Waals surface area contributed by atoms with Crippen molar-refractivity contribution in [3.8, 4) is 5.75 Å². The number of benzene rings is 1. The van der Waals surface area contributed by atoms with Crippen LogP contribution in [0.2, 0.25) is 0 Å². The van der Waals surface area contributed by atoms with E-state index in [0.717, 1.165) is 5.75 Å². The summed E-state index contributed by atoms with van der Waals surface area (Å²) in [6.07, 6.45) is 2.60. The summed E-state index contributed by atoms with van der Waals surface area (Å²) in [6.45, 7) is 2.30. The van der Waals surface area contributed by atoms with Gasteiger partial charge in [-0.05, 0) is 24.3 Å². The molecule has 0 heterocycles. The Balaban J connectivity index is 2.42. The quantitative estimate of drug-likeness (QED) is 0.649. The van der Waals surface area contributed by atoms with Crippen LogP contribution in [0.3, 0.4) is 0 Å². The summed E-state index contributed by atoms with van der Waals surface area (Å²) in [5.41, 5.74) is 1.78. The standard InChI is InChI=1S/C11H14O/c1-11(7-8-11)9-5-3-4-6-10(9)12-2/h3-6H,7-8H2,1-2H3. The van der Waals surface area contributed by atoms with Crippen molar-refractivity contribution in [2.24, 2.45) is 0 Å². The minimum absolute atomic E-state index is 0.409. The smallest absolute Gasteiger partial charge is 0.122 e. The first-order chi connectivity index (χ1) is 5.76. The minimum atomic E-state index is 0.409. The predicted octanol–water partition coefficient (Wildman–Crippen LogP) is 2.75. The van der Waals surface area contributed by atoms with Gasteiger partial charge in [-0.1, -0.05) is 25.1 Å². The van der Waals surface area contributed by atoms with Crippen molar-refractivity contribution in [3.63, 3.8) is 0 Å². The third-order valence-corrected chi connectivity index (χ3v) is 2.76. The van der Waals surface area contributed by atoms with Gasteiger partial charge < -0.3 is 4.74 Å². The summed E-state index contributed by atoms with van der Waals surface area (Å²) < 4.78 is 5.31. The van der Waals surface area contributed by atoms with Crippen LogP contribution in [0.25, 0.3) is 0 Å². The lowest BCUT2D eigenvalue weighted by Crippen LogP contribution is -2.02. The lowest BCUT2D eigenvalue weighted by Gasteiger charge is -2.12. The molecule has 1 saturated carbocycles. The monoisotopic (exact) mass is 162 g/mol. The summed E-state index contributed by atoms with van der Waals surface area (Å²) in [6, 6.07) is 8.32. The normalized spacial score (nSPS) is 18.8. The minimum Gasteiger partial charge on any atom is -0.496 e. The maximum atomic E-state index is 5.31. The molecule has 2 rings (SSSR count). The summed E-state index contributed by atoms with van der Waals surface area (Å²) in [7, 11) is 1.74. The molecule has 0 aromatic heterocycles. The first-order valence-electron chi connectivity index (χ1n) is 4.40. The third kappa shape index (κ3) is 1.09. The van der Waals surface area contributed by atoms with Crippen LogP contribution in [-0.4, -0.2) is 7.11 Å². The molecule has 12 heavy (non-hydrogen) atoms. The topological polar surface area (TPSA) is 9.23 Å². The van der Waals surface area contributed by atoms with Gasteiger partial charge in [0.25, 0.3) is 0 Å². The summed E-state index contributed by atoms with van der Waals surface area (Å²) >= 11 is 0. The molecule has 1 nitrogen and oxygen atoms in total. The molecular formula is C11H14O. The van der Waals surface area contributed by atoms with Crippen molar-refractivity contribution in [2.75, 3.05) is 7.11 Å². The van der Waals surface area contributed by atoms with Gasteiger partial charge in [-0.25, -0.2) is 0 Å². The van der Waals surface area contributed by atoms with E-state index in [0.29, 0.717) is 5.41 Å². The van der Waals surface area contributed by atoms with Crippen LogP contribution in [0.4, 0.5) is 0 Å². The van der Waals surface area contributed by atoms with Crippen molar-refractivity contribution < 1.29 is 4.74 Å². The molecule has 1 aliphatic carbocycles. The van der Waals surface area contributed by atoms with Crippen molar-refractivity contribution in [2.45, 2.75) is 25.2 Å². The molecule has 0 aliphatic heterocycles. The summed E-state index contributed by atoms with van der Waals surface area (Å²) in [5, 5.41) is 0. The van der Waals surface area contributed by atoms with Crippen LogP contribution in [0.1, 0.15) is 25.3 Å². The van der Waals surface area contributed by atoms with Gasteiger partial charge in [0.15, 0.2) is 0 Å². The zero-order valence-electron chi connectivity index (χ0n) is 7.63. The van der Waals surface area contributed by atoms with Gasteiger partial charge in [-0.15, -0.1) is 0 Å². The number of rotatable bonds is 2. The van der Waals surface area contributed by atoms with Crippen molar-refractivity contribution in [1.82, 2.24) is 0 Å². The second-order valence-electron chi connectivity index (χ2n) is 3.76. The van der Waals surface area contributed by atoms with Gasteiger partial charge in [0.1, 0.15) is 5.75 Å². The number of hydrogen-bond acceptors (Lipinski definition) is 1. The molecule has 1 aromatic carbocycles. The second kappa shape index (κ2) is 2.51. The molecule has 1 fully saturated rings. The Morgan fingerprint density at radius 3 is 2.50 bits per heavy atom. The van der Waals surface area contributed by atoms with Gasteiger partial charge in [0.05, 0.1) is 7.11 Å². The Morgan fingerprint density at radius 2 is 1.92 bits per heavy atom. The predicted molar refractivity (Wildman–Crippen MR) is 49.6 cm³/mol. The van der Waals surface area contributed by atoms with Gasteiger partial charge in [-0.3, -0.25) is 0 Å². The molecule has 1 heteroatoms. The third-order valence-electron chi connectivity index (χ3n) is 2.76. The van der Waals surface area contributed by atoms with E-state index in [1.54, 1.807) is 7.11 Å². The van der Waals surface area contributed by atoms with Crippen molar-refractivity contribution in [3.05, 3.63) is 29.8 Å². The summed E-state index contributed by atoms with van der Waals surface area (Å²) in [5.74, 6) is 1.04. The number of para-hydroxylation sites is 1. The van der Waals surface area contributed by atoms with Crippen molar-refractivity contribution >= 4 is 0 Å². The maximum absolute atomic E-state index is 5.31. The Morgan fingerprint density at radius 1 is 1.25 bits per heavy atom. The van der Waals surface area contributed by atoms with E-state index in [1.165, 1.54) is 18.4 Å². The average Bonchev–Trinajstić information content (AvgIpc) is 2.85. The van der Waals surface area contributed by atoms with E-state index < -0.39 is 0 Å². The first kappa shape index (κ1) is 7.66. The molecule has 1 aliphatic rings. The van der Waals surface area contributed by atoms with Gasteiger partial charge in [0, 0.05) is 5.56 Å². The van der Waals surface area contributed by atoms with E-state index in [1.807, 2.05) is 12.1 Å². The van der Waals surface area contributed by atoms with Crippen molar-refractivity contribution in [1.29, 1.82) is 0 Å². The molecule has 0 saturated heterocycles. The summed E-state index contributed by atoms with van der Waals surface area (Å²) in [4.78, 5) is 0. The zero-order valence-corrected chi connectivity index (χ0v) is 7.63. The fraction of sp³-hybridized carbons (Fsp3) is 0.455. The van der Waals surface area contributed by atoms with E-state index >= 15 is 0 Å². The Hall–Kier alpha value is -0.980. The first-order valence-corrected chi connectivity index (χ1v) is 4.40. The van der Waals surface area contributed by atoms with Crippen LogP contribution < -0.4 is 4.74 Å². The molecule has 0 bridgehead atoms. The fourth-order valence-electron chi connectivity index (χ4n) is 1.60. The van der Waals surface area contributed by atoms with E-state index in [-0.39, 0.29) is 0 Å². The van der Waals surface area contributed by atoms with E-state index in [4.69, 9.17) is 4.74 Å². The molecule has 0 N–H and O–H groups in total. The molecule has 0 unspecified atom stereocenters. The Kier molecular flexibility index (Phi) is 1.60. The molecule has 0 radical (unpaired) electrons. The van der Waals surface area contributed by atoms with Gasteiger partial charge in [-0.2, -0.15) is 0 Å². The van der Waals surface area contributed by atoms with Gasteiger partial charge in [0.2, 0.25) is 0 Å². The molecule has 1 aromatic rings. The largest absolute Gasteiger partial charge is 0.496 e. The fourth-order valence-corrected chi connectivity index (χ4v) is 1.60. The highest BCUT2D eigenvalue weighted by Gasteiger charge is 2.40. The average molecular weight is 162 g/mol. The lowest BCUT2D eigenvalue weighted by atomic mass is 9.97. The number of hydrogen-bond donors (Lipinski definition) is 0. The van der Waals surface area contributed by atoms with Crippen LogP contribution >= 0.6 is 0 Å². The van der Waals surface area contributed by atoms with Crippen LogP contribution in [-0.2, 0) is 5.41 Å². The SMILES string of the molecule is COc1ccccc1C1(C)CC1. The molecular weight excluding hydrogens is 148 g/mol.